The Kier molecular flexibility index (Phi) is 4.94. The van der Waals surface area contributed by atoms with Gasteiger partial charge in [-0.25, -0.2) is 0 Å². The van der Waals surface area contributed by atoms with Crippen molar-refractivity contribution in [1.29, 1.82) is 0 Å². The number of halogens is 2. The first-order valence-corrected chi connectivity index (χ1v) is 7.53. The summed E-state index contributed by atoms with van der Waals surface area (Å²) in [5.74, 6) is 0.832. The second-order valence-corrected chi connectivity index (χ2v) is 6.29. The molecule has 3 heteroatoms. The Morgan fingerprint density at radius 2 is 2.06 bits per heavy atom. The number of hydrogen-bond donors (Lipinski definition) is 1. The molecule has 100 valence electrons. The maximum Gasteiger partial charge on any atom is 0.0639 e. The highest BCUT2D eigenvalue weighted by Gasteiger charge is 2.21. The zero-order chi connectivity index (χ0) is 13.1. The van der Waals surface area contributed by atoms with E-state index in [0.717, 1.165) is 11.5 Å². The van der Waals surface area contributed by atoms with Crippen LogP contribution in [0.5, 0.6) is 0 Å². The van der Waals surface area contributed by atoms with Gasteiger partial charge in [0.25, 0.3) is 0 Å². The fourth-order valence-electron chi connectivity index (χ4n) is 2.88. The molecule has 3 atom stereocenters. The molecule has 2 rings (SSSR count). The lowest BCUT2D eigenvalue weighted by Crippen LogP contribution is -2.35. The minimum atomic E-state index is 0.256. The minimum absolute atomic E-state index is 0.256. The smallest absolute Gasteiger partial charge is 0.0639 e. The van der Waals surface area contributed by atoms with Crippen LogP contribution in [0.2, 0.25) is 10.0 Å². The standard InChI is InChI=1S/C15H21Cl2N/c1-10-5-3-6-12(9-10)18-11(2)13-7-4-8-14(16)15(13)17/h4,7-8,10-12,18H,3,5-6,9H2,1-2H3. The Morgan fingerprint density at radius 3 is 2.78 bits per heavy atom. The normalized spacial score (nSPS) is 26.0. The van der Waals surface area contributed by atoms with E-state index in [1.165, 1.54) is 25.7 Å². The average molecular weight is 286 g/mol. The van der Waals surface area contributed by atoms with Crippen molar-refractivity contribution < 1.29 is 0 Å². The first kappa shape index (κ1) is 14.2. The Balaban J connectivity index is 2.02. The van der Waals surface area contributed by atoms with Crippen LogP contribution in [0, 0.1) is 5.92 Å². The number of nitrogens with one attached hydrogen (secondary N) is 1. The van der Waals surface area contributed by atoms with E-state index in [1.54, 1.807) is 0 Å². The van der Waals surface area contributed by atoms with Crippen LogP contribution >= 0.6 is 23.2 Å². The van der Waals surface area contributed by atoms with Gasteiger partial charge in [0, 0.05) is 12.1 Å². The third-order valence-electron chi connectivity index (χ3n) is 3.87. The van der Waals surface area contributed by atoms with E-state index in [9.17, 15) is 0 Å². The summed E-state index contributed by atoms with van der Waals surface area (Å²) < 4.78 is 0. The summed E-state index contributed by atoms with van der Waals surface area (Å²) in [4.78, 5) is 0. The molecule has 0 radical (unpaired) electrons. The van der Waals surface area contributed by atoms with Crippen LogP contribution in [-0.4, -0.2) is 6.04 Å². The maximum absolute atomic E-state index is 6.26. The van der Waals surface area contributed by atoms with Crippen LogP contribution < -0.4 is 5.32 Å². The molecule has 1 aliphatic carbocycles. The quantitative estimate of drug-likeness (QED) is 0.803. The van der Waals surface area contributed by atoms with Gasteiger partial charge in [-0.15, -0.1) is 0 Å². The molecule has 1 fully saturated rings. The summed E-state index contributed by atoms with van der Waals surface area (Å²) in [5, 5.41) is 5.01. The third kappa shape index (κ3) is 3.40. The van der Waals surface area contributed by atoms with E-state index in [2.05, 4.69) is 25.2 Å². The molecule has 0 amide bonds. The highest BCUT2D eigenvalue weighted by atomic mass is 35.5. The van der Waals surface area contributed by atoms with Gasteiger partial charge in [-0.3, -0.25) is 0 Å². The summed E-state index contributed by atoms with van der Waals surface area (Å²) in [5.41, 5.74) is 1.10. The minimum Gasteiger partial charge on any atom is -0.307 e. The zero-order valence-corrected chi connectivity index (χ0v) is 12.6. The van der Waals surface area contributed by atoms with E-state index in [0.29, 0.717) is 16.1 Å². The monoisotopic (exact) mass is 285 g/mol. The van der Waals surface area contributed by atoms with Crippen molar-refractivity contribution in [2.75, 3.05) is 0 Å². The van der Waals surface area contributed by atoms with E-state index in [4.69, 9.17) is 23.2 Å². The first-order valence-electron chi connectivity index (χ1n) is 6.78. The first-order chi connectivity index (χ1) is 8.58. The predicted molar refractivity (Wildman–Crippen MR) is 79.4 cm³/mol. The Hall–Kier alpha value is -0.240. The van der Waals surface area contributed by atoms with Crippen molar-refractivity contribution in [3.05, 3.63) is 33.8 Å². The van der Waals surface area contributed by atoms with Gasteiger partial charge in [0.15, 0.2) is 0 Å². The molecule has 1 aromatic rings. The maximum atomic E-state index is 6.26. The van der Waals surface area contributed by atoms with Gasteiger partial charge in [0.2, 0.25) is 0 Å². The van der Waals surface area contributed by atoms with Gasteiger partial charge in [0.05, 0.1) is 10.0 Å². The zero-order valence-electron chi connectivity index (χ0n) is 11.0. The lowest BCUT2D eigenvalue weighted by Gasteiger charge is -2.30. The Labute approximate surface area is 120 Å². The largest absolute Gasteiger partial charge is 0.307 e. The lowest BCUT2D eigenvalue weighted by molar-refractivity contribution is 0.285. The Morgan fingerprint density at radius 1 is 1.28 bits per heavy atom. The molecule has 0 aliphatic heterocycles. The van der Waals surface area contributed by atoms with Crippen molar-refractivity contribution >= 4 is 23.2 Å². The average Bonchev–Trinajstić information content (AvgIpc) is 2.32. The molecule has 3 unspecified atom stereocenters. The van der Waals surface area contributed by atoms with E-state index in [-0.39, 0.29) is 6.04 Å². The molecular weight excluding hydrogens is 265 g/mol. The molecular formula is C15H21Cl2N. The molecule has 0 heterocycles. The van der Waals surface area contributed by atoms with Gasteiger partial charge in [-0.2, -0.15) is 0 Å². The van der Waals surface area contributed by atoms with Crippen LogP contribution in [0.4, 0.5) is 0 Å². The molecule has 1 aliphatic rings. The van der Waals surface area contributed by atoms with E-state index in [1.807, 2.05) is 12.1 Å². The molecule has 0 saturated heterocycles. The second kappa shape index (κ2) is 6.27. The third-order valence-corrected chi connectivity index (χ3v) is 4.70. The highest BCUT2D eigenvalue weighted by molar-refractivity contribution is 6.42. The summed E-state index contributed by atoms with van der Waals surface area (Å²) >= 11 is 12.3. The predicted octanol–water partition coefficient (Wildman–Crippen LogP) is 5.22. The second-order valence-electron chi connectivity index (χ2n) is 5.50. The molecule has 18 heavy (non-hydrogen) atoms. The summed E-state index contributed by atoms with van der Waals surface area (Å²) in [6.07, 6.45) is 5.23. The van der Waals surface area contributed by atoms with Gasteiger partial charge in [0.1, 0.15) is 0 Å². The fraction of sp³-hybridized carbons (Fsp3) is 0.600. The SMILES string of the molecule is CC1CCCC(NC(C)c2cccc(Cl)c2Cl)C1. The van der Waals surface area contributed by atoms with E-state index < -0.39 is 0 Å². The molecule has 0 bridgehead atoms. The summed E-state index contributed by atoms with van der Waals surface area (Å²) in [6.45, 7) is 4.50. The molecule has 0 aromatic heterocycles. The molecule has 1 aromatic carbocycles. The van der Waals surface area contributed by atoms with Crippen molar-refractivity contribution in [1.82, 2.24) is 5.32 Å². The molecule has 1 N–H and O–H groups in total. The number of hydrogen-bond acceptors (Lipinski definition) is 1. The van der Waals surface area contributed by atoms with Gasteiger partial charge < -0.3 is 5.32 Å². The molecule has 0 spiro atoms. The van der Waals surface area contributed by atoms with E-state index >= 15 is 0 Å². The lowest BCUT2D eigenvalue weighted by atomic mass is 9.86. The number of benzene rings is 1. The van der Waals surface area contributed by atoms with Gasteiger partial charge in [-0.05, 0) is 37.3 Å². The van der Waals surface area contributed by atoms with Crippen LogP contribution in [0.15, 0.2) is 18.2 Å². The van der Waals surface area contributed by atoms with Crippen LogP contribution in [0.3, 0.4) is 0 Å². The fourth-order valence-corrected chi connectivity index (χ4v) is 3.36. The molecule has 1 saturated carbocycles. The van der Waals surface area contributed by atoms with Gasteiger partial charge in [-0.1, -0.05) is 55.1 Å². The summed E-state index contributed by atoms with van der Waals surface area (Å²) in [6, 6.07) is 6.72. The van der Waals surface area contributed by atoms with Crippen molar-refractivity contribution in [2.45, 2.75) is 51.6 Å². The number of rotatable bonds is 3. The van der Waals surface area contributed by atoms with Gasteiger partial charge >= 0.3 is 0 Å². The highest BCUT2D eigenvalue weighted by Crippen LogP contribution is 2.31. The topological polar surface area (TPSA) is 12.0 Å². The molecule has 1 nitrogen and oxygen atoms in total. The Bertz CT molecular complexity index is 405. The van der Waals surface area contributed by atoms with Crippen molar-refractivity contribution in [3.63, 3.8) is 0 Å². The van der Waals surface area contributed by atoms with Crippen LogP contribution in [0.1, 0.15) is 51.1 Å². The van der Waals surface area contributed by atoms with Crippen molar-refractivity contribution in [2.24, 2.45) is 5.92 Å². The van der Waals surface area contributed by atoms with Crippen molar-refractivity contribution in [3.8, 4) is 0 Å². The summed E-state index contributed by atoms with van der Waals surface area (Å²) in [7, 11) is 0. The van der Waals surface area contributed by atoms with Crippen LogP contribution in [0.25, 0.3) is 0 Å². The van der Waals surface area contributed by atoms with Crippen LogP contribution in [-0.2, 0) is 0 Å².